The summed E-state index contributed by atoms with van der Waals surface area (Å²) in [6, 6.07) is 6.99. The molecule has 2 amide bonds. The summed E-state index contributed by atoms with van der Waals surface area (Å²) in [5.41, 5.74) is 0.850. The zero-order valence-electron chi connectivity index (χ0n) is 11.8. The molecule has 0 bridgehead atoms. The van der Waals surface area contributed by atoms with Gasteiger partial charge in [0, 0.05) is 10.5 Å². The van der Waals surface area contributed by atoms with Crippen LogP contribution in [0, 0.1) is 0 Å². The minimum atomic E-state index is -3.02. The van der Waals surface area contributed by atoms with Crippen LogP contribution in [0.25, 0.3) is 0 Å². The van der Waals surface area contributed by atoms with Crippen LogP contribution in [0.1, 0.15) is 12.0 Å². The normalized spacial score (nSPS) is 19.6. The van der Waals surface area contributed by atoms with Crippen LogP contribution < -0.4 is 10.6 Å². The lowest BCUT2D eigenvalue weighted by Crippen LogP contribution is -2.42. The molecule has 2 rings (SSSR count). The molecule has 1 heterocycles. The predicted octanol–water partition coefficient (Wildman–Crippen LogP) is 0.411. The molecule has 0 saturated carbocycles. The molecule has 1 unspecified atom stereocenters. The lowest BCUT2D eigenvalue weighted by Gasteiger charge is -2.11. The maximum Gasteiger partial charge on any atom is 0.239 e. The molecule has 22 heavy (non-hydrogen) atoms. The van der Waals surface area contributed by atoms with Crippen molar-refractivity contribution < 1.29 is 18.0 Å². The predicted molar refractivity (Wildman–Crippen MR) is 86.1 cm³/mol. The molecule has 1 aliphatic rings. The lowest BCUT2D eigenvalue weighted by molar-refractivity contribution is -0.126. The second-order valence-electron chi connectivity index (χ2n) is 5.25. The van der Waals surface area contributed by atoms with E-state index in [4.69, 9.17) is 0 Å². The molecule has 120 valence electrons. The van der Waals surface area contributed by atoms with Gasteiger partial charge in [-0.2, -0.15) is 0 Å². The Kier molecular flexibility index (Phi) is 5.57. The Morgan fingerprint density at radius 3 is 2.45 bits per heavy atom. The molecule has 0 aromatic heterocycles. The van der Waals surface area contributed by atoms with Gasteiger partial charge >= 0.3 is 0 Å². The average Bonchev–Trinajstić information content (AvgIpc) is 2.78. The first kappa shape index (κ1) is 17.0. The minimum absolute atomic E-state index is 0.0222. The van der Waals surface area contributed by atoms with E-state index in [9.17, 15) is 18.0 Å². The van der Waals surface area contributed by atoms with E-state index in [-0.39, 0.29) is 42.3 Å². The third-order valence-electron chi connectivity index (χ3n) is 3.32. The smallest absolute Gasteiger partial charge is 0.239 e. The van der Waals surface area contributed by atoms with Crippen molar-refractivity contribution in [2.75, 3.05) is 18.1 Å². The fourth-order valence-corrected chi connectivity index (χ4v) is 4.15. The second kappa shape index (κ2) is 7.23. The highest BCUT2D eigenvalue weighted by molar-refractivity contribution is 9.10. The van der Waals surface area contributed by atoms with Gasteiger partial charge in [0.2, 0.25) is 11.8 Å². The molecule has 1 aromatic carbocycles. The summed E-state index contributed by atoms with van der Waals surface area (Å²) in [5.74, 6) is -0.540. The molecule has 1 fully saturated rings. The molecule has 2 N–H and O–H groups in total. The van der Waals surface area contributed by atoms with E-state index in [1.54, 1.807) is 0 Å². The van der Waals surface area contributed by atoms with Gasteiger partial charge in [-0.1, -0.05) is 28.1 Å². The maximum atomic E-state index is 11.7. The highest BCUT2D eigenvalue weighted by Gasteiger charge is 2.28. The van der Waals surface area contributed by atoms with E-state index in [0.717, 1.165) is 10.0 Å². The molecule has 1 aromatic rings. The number of halogens is 1. The van der Waals surface area contributed by atoms with Crippen molar-refractivity contribution in [3.8, 4) is 0 Å². The first-order valence-corrected chi connectivity index (χ1v) is 9.46. The monoisotopic (exact) mass is 388 g/mol. The minimum Gasteiger partial charge on any atom is -0.351 e. The summed E-state index contributed by atoms with van der Waals surface area (Å²) in [5, 5.41) is 5.15. The fourth-order valence-electron chi connectivity index (χ4n) is 2.22. The summed E-state index contributed by atoms with van der Waals surface area (Å²) in [6.45, 7) is -0.147. The first-order valence-electron chi connectivity index (χ1n) is 6.85. The van der Waals surface area contributed by atoms with Gasteiger partial charge in [-0.25, -0.2) is 8.42 Å². The Bertz CT molecular complexity index is 658. The zero-order chi connectivity index (χ0) is 16.2. The van der Waals surface area contributed by atoms with Crippen molar-refractivity contribution in [1.29, 1.82) is 0 Å². The second-order valence-corrected chi connectivity index (χ2v) is 8.39. The summed E-state index contributed by atoms with van der Waals surface area (Å²) >= 11 is 3.31. The van der Waals surface area contributed by atoms with Gasteiger partial charge in [0.05, 0.1) is 24.5 Å². The van der Waals surface area contributed by atoms with Crippen LogP contribution in [0.5, 0.6) is 0 Å². The van der Waals surface area contributed by atoms with Gasteiger partial charge in [0.1, 0.15) is 0 Å². The van der Waals surface area contributed by atoms with Crippen LogP contribution in [0.2, 0.25) is 0 Å². The Balaban J connectivity index is 1.72. The van der Waals surface area contributed by atoms with Crippen molar-refractivity contribution in [1.82, 2.24) is 10.6 Å². The van der Waals surface area contributed by atoms with Gasteiger partial charge < -0.3 is 10.6 Å². The van der Waals surface area contributed by atoms with E-state index in [2.05, 4.69) is 26.6 Å². The number of amides is 2. The van der Waals surface area contributed by atoms with Crippen molar-refractivity contribution in [3.05, 3.63) is 34.3 Å². The van der Waals surface area contributed by atoms with Gasteiger partial charge in [0.25, 0.3) is 0 Å². The summed E-state index contributed by atoms with van der Waals surface area (Å²) in [7, 11) is -3.02. The molecular formula is C14H17BrN2O4S. The average molecular weight is 389 g/mol. The Morgan fingerprint density at radius 1 is 1.18 bits per heavy atom. The number of carbonyl (C=O) groups is 2. The highest BCUT2D eigenvalue weighted by atomic mass is 79.9. The number of hydrogen-bond donors (Lipinski definition) is 2. The molecule has 8 heteroatoms. The zero-order valence-corrected chi connectivity index (χ0v) is 14.2. The Hall–Kier alpha value is -1.41. The van der Waals surface area contributed by atoms with Crippen LogP contribution in [-0.2, 0) is 25.8 Å². The number of hydrogen-bond acceptors (Lipinski definition) is 4. The molecule has 0 radical (unpaired) electrons. The molecule has 0 spiro atoms. The third kappa shape index (κ3) is 5.42. The number of carbonyl (C=O) groups excluding carboxylic acids is 2. The maximum absolute atomic E-state index is 11.7. The topological polar surface area (TPSA) is 92.3 Å². The third-order valence-corrected chi connectivity index (χ3v) is 5.62. The van der Waals surface area contributed by atoms with Crippen LogP contribution in [0.15, 0.2) is 28.7 Å². The number of nitrogens with one attached hydrogen (secondary N) is 2. The van der Waals surface area contributed by atoms with Crippen molar-refractivity contribution in [2.24, 2.45) is 0 Å². The van der Waals surface area contributed by atoms with E-state index in [0.29, 0.717) is 6.42 Å². The molecular weight excluding hydrogens is 372 g/mol. The van der Waals surface area contributed by atoms with Crippen LogP contribution >= 0.6 is 15.9 Å². The summed E-state index contributed by atoms with van der Waals surface area (Å²) in [6.07, 6.45) is 0.624. The van der Waals surface area contributed by atoms with E-state index in [1.807, 2.05) is 24.3 Å². The Labute approximate surface area is 137 Å². The van der Waals surface area contributed by atoms with E-state index >= 15 is 0 Å². The van der Waals surface area contributed by atoms with Crippen LogP contribution in [0.4, 0.5) is 0 Å². The van der Waals surface area contributed by atoms with E-state index < -0.39 is 9.84 Å². The molecule has 1 aliphatic heterocycles. The van der Waals surface area contributed by atoms with Gasteiger partial charge in [-0.05, 0) is 24.1 Å². The molecule has 1 atom stereocenters. The first-order chi connectivity index (χ1) is 10.3. The van der Waals surface area contributed by atoms with Crippen molar-refractivity contribution in [2.45, 2.75) is 18.9 Å². The number of sulfone groups is 1. The van der Waals surface area contributed by atoms with Crippen LogP contribution in [0.3, 0.4) is 0 Å². The number of benzene rings is 1. The van der Waals surface area contributed by atoms with Gasteiger partial charge in [-0.3, -0.25) is 9.59 Å². The van der Waals surface area contributed by atoms with Crippen molar-refractivity contribution >= 4 is 37.6 Å². The molecule has 6 nitrogen and oxygen atoms in total. The quantitative estimate of drug-likeness (QED) is 0.763. The number of rotatable bonds is 5. The SMILES string of the molecule is O=C(Cc1ccc(Br)cc1)NCC(=O)NC1CCS(=O)(=O)C1. The Morgan fingerprint density at radius 2 is 1.86 bits per heavy atom. The van der Waals surface area contributed by atoms with E-state index in [1.165, 1.54) is 0 Å². The standard InChI is InChI=1S/C14H17BrN2O4S/c15-11-3-1-10(2-4-11)7-13(18)16-8-14(19)17-12-5-6-22(20,21)9-12/h1-4,12H,5-9H2,(H,16,18)(H,17,19). The summed E-state index contributed by atoms with van der Waals surface area (Å²) in [4.78, 5) is 23.4. The summed E-state index contributed by atoms with van der Waals surface area (Å²) < 4.78 is 23.5. The largest absolute Gasteiger partial charge is 0.351 e. The lowest BCUT2D eigenvalue weighted by atomic mass is 10.1. The highest BCUT2D eigenvalue weighted by Crippen LogP contribution is 2.11. The molecule has 0 aliphatic carbocycles. The molecule has 1 saturated heterocycles. The van der Waals surface area contributed by atoms with Gasteiger partial charge in [-0.15, -0.1) is 0 Å². The van der Waals surface area contributed by atoms with Crippen LogP contribution in [-0.4, -0.2) is 44.3 Å². The van der Waals surface area contributed by atoms with Gasteiger partial charge in [0.15, 0.2) is 9.84 Å². The fraction of sp³-hybridized carbons (Fsp3) is 0.429. The van der Waals surface area contributed by atoms with Crippen molar-refractivity contribution in [3.63, 3.8) is 0 Å².